The van der Waals surface area contributed by atoms with E-state index in [1.54, 1.807) is 22.0 Å². The Labute approximate surface area is 201 Å². The molecule has 4 aromatic rings. The molecule has 178 valence electrons. The van der Waals surface area contributed by atoms with Crippen LogP contribution < -0.4 is 21.1 Å². The summed E-state index contributed by atoms with van der Waals surface area (Å²) in [6, 6.07) is 5.86. The van der Waals surface area contributed by atoms with Crippen LogP contribution in [0.5, 0.6) is 5.88 Å². The second-order valence-electron chi connectivity index (χ2n) is 8.80. The summed E-state index contributed by atoms with van der Waals surface area (Å²) >= 11 is 0. The molecule has 2 aliphatic rings. The molecule has 1 amide bonds. The van der Waals surface area contributed by atoms with E-state index < -0.39 is 0 Å². The molecule has 0 bridgehead atoms. The number of amides is 1. The first kappa shape index (κ1) is 21.1. The van der Waals surface area contributed by atoms with Gasteiger partial charge in [0.15, 0.2) is 5.82 Å². The molecule has 0 unspecified atom stereocenters. The van der Waals surface area contributed by atoms with Gasteiger partial charge < -0.3 is 26.0 Å². The highest BCUT2D eigenvalue weighted by atomic mass is 16.5. The van der Waals surface area contributed by atoms with Crippen molar-refractivity contribution in [1.82, 2.24) is 29.6 Å². The van der Waals surface area contributed by atoms with E-state index in [2.05, 4.69) is 30.7 Å². The van der Waals surface area contributed by atoms with Crippen LogP contribution in [0, 0.1) is 6.92 Å². The van der Waals surface area contributed by atoms with Crippen LogP contribution in [0.15, 0.2) is 30.6 Å². The molecule has 11 heteroatoms. The number of nitrogen functional groups attached to an aromatic ring is 1. The number of carbonyl (C=O) groups is 1. The third kappa shape index (κ3) is 3.74. The number of anilines is 4. The SMILES string of the molecule is Cc1c(-c2cc3cc(Nc4cc5n(n4)CC(=O)N(C)CC5)ncc3c(N)n2)cnc2c1NCCO2. The largest absolute Gasteiger partial charge is 0.474 e. The van der Waals surface area contributed by atoms with Crippen LogP contribution >= 0.6 is 0 Å². The van der Waals surface area contributed by atoms with Crippen molar-refractivity contribution in [3.05, 3.63) is 41.9 Å². The van der Waals surface area contributed by atoms with Crippen LogP contribution in [0.3, 0.4) is 0 Å². The van der Waals surface area contributed by atoms with Crippen molar-refractivity contribution in [2.24, 2.45) is 0 Å². The monoisotopic (exact) mass is 471 g/mol. The number of likely N-dealkylation sites (N-methyl/N-ethyl adjacent to an activating group) is 1. The Bertz CT molecular complexity index is 1480. The molecule has 0 saturated carbocycles. The summed E-state index contributed by atoms with van der Waals surface area (Å²) < 4.78 is 7.39. The second-order valence-corrected chi connectivity index (χ2v) is 8.80. The van der Waals surface area contributed by atoms with Gasteiger partial charge in [0, 0.05) is 61.7 Å². The predicted octanol–water partition coefficient (Wildman–Crippen LogP) is 2.34. The zero-order chi connectivity index (χ0) is 24.1. The standard InChI is InChI=1S/C24H25N9O2/c1-13-16(10-28-24-22(13)26-4-6-35-24)18-7-14-8-19(27-11-17(14)23(25)29-18)30-20-9-15-3-5-32(2)21(34)12-33(15)31-20/h7-11,26H,3-6,12H2,1-2H3,(H2,25,29)(H,27,30,31). The van der Waals surface area contributed by atoms with Gasteiger partial charge in [-0.25, -0.2) is 15.0 Å². The first-order valence-electron chi connectivity index (χ1n) is 11.5. The average molecular weight is 472 g/mol. The first-order valence-corrected chi connectivity index (χ1v) is 11.5. The van der Waals surface area contributed by atoms with Gasteiger partial charge in [0.1, 0.15) is 30.5 Å². The molecule has 0 aliphatic carbocycles. The van der Waals surface area contributed by atoms with Crippen molar-refractivity contribution in [3.8, 4) is 17.1 Å². The van der Waals surface area contributed by atoms with Crippen molar-refractivity contribution in [1.29, 1.82) is 0 Å². The average Bonchev–Trinajstić information content (AvgIpc) is 3.17. The zero-order valence-electron chi connectivity index (χ0n) is 19.5. The van der Waals surface area contributed by atoms with Crippen molar-refractivity contribution in [3.63, 3.8) is 0 Å². The Morgan fingerprint density at radius 3 is 2.94 bits per heavy atom. The number of pyridine rings is 3. The molecule has 4 aromatic heterocycles. The van der Waals surface area contributed by atoms with Gasteiger partial charge in [-0.05, 0) is 30.0 Å². The predicted molar refractivity (Wildman–Crippen MR) is 133 cm³/mol. The minimum absolute atomic E-state index is 0.0476. The normalized spacial score (nSPS) is 15.1. The molecule has 6 rings (SSSR count). The highest BCUT2D eigenvalue weighted by molar-refractivity contribution is 5.95. The lowest BCUT2D eigenvalue weighted by molar-refractivity contribution is -0.130. The van der Waals surface area contributed by atoms with E-state index in [0.717, 1.165) is 51.9 Å². The van der Waals surface area contributed by atoms with Crippen molar-refractivity contribution in [2.75, 3.05) is 43.1 Å². The fourth-order valence-electron chi connectivity index (χ4n) is 4.50. The molecule has 2 aliphatic heterocycles. The van der Waals surface area contributed by atoms with Gasteiger partial charge in [0.25, 0.3) is 0 Å². The molecule has 0 atom stereocenters. The molecule has 0 aromatic carbocycles. The van der Waals surface area contributed by atoms with Crippen LogP contribution in [-0.2, 0) is 17.8 Å². The van der Waals surface area contributed by atoms with Gasteiger partial charge in [-0.1, -0.05) is 0 Å². The number of carbonyl (C=O) groups excluding carboxylic acids is 1. The maximum atomic E-state index is 12.2. The van der Waals surface area contributed by atoms with Gasteiger partial charge in [0.05, 0.1) is 5.69 Å². The quantitative estimate of drug-likeness (QED) is 0.411. The molecule has 6 heterocycles. The van der Waals surface area contributed by atoms with Gasteiger partial charge in [-0.2, -0.15) is 5.10 Å². The number of nitrogens with two attached hydrogens (primary N) is 1. The van der Waals surface area contributed by atoms with Crippen molar-refractivity contribution < 1.29 is 9.53 Å². The third-order valence-corrected chi connectivity index (χ3v) is 6.50. The molecule has 0 radical (unpaired) electrons. The van der Waals surface area contributed by atoms with E-state index in [-0.39, 0.29) is 12.5 Å². The smallest absolute Gasteiger partial charge is 0.244 e. The molecule has 0 spiro atoms. The summed E-state index contributed by atoms with van der Waals surface area (Å²) in [5.74, 6) is 2.32. The fourth-order valence-corrected chi connectivity index (χ4v) is 4.50. The second kappa shape index (κ2) is 8.12. The highest BCUT2D eigenvalue weighted by Crippen LogP contribution is 2.36. The Morgan fingerprint density at radius 2 is 2.06 bits per heavy atom. The van der Waals surface area contributed by atoms with Crippen molar-refractivity contribution >= 4 is 39.8 Å². The number of nitrogens with zero attached hydrogens (tertiary/aromatic N) is 6. The van der Waals surface area contributed by atoms with Crippen molar-refractivity contribution in [2.45, 2.75) is 19.9 Å². The number of rotatable bonds is 3. The fraction of sp³-hybridized carbons (Fsp3) is 0.292. The van der Waals surface area contributed by atoms with E-state index in [9.17, 15) is 4.79 Å². The molecule has 11 nitrogen and oxygen atoms in total. The van der Waals surface area contributed by atoms with Gasteiger partial charge >= 0.3 is 0 Å². The summed E-state index contributed by atoms with van der Waals surface area (Å²) in [5, 5.41) is 12.8. The number of hydrogen-bond donors (Lipinski definition) is 3. The molecule has 0 saturated heterocycles. The van der Waals surface area contributed by atoms with E-state index >= 15 is 0 Å². The minimum Gasteiger partial charge on any atom is -0.474 e. The third-order valence-electron chi connectivity index (χ3n) is 6.50. The molecular weight excluding hydrogens is 446 g/mol. The Morgan fingerprint density at radius 1 is 1.17 bits per heavy atom. The molecular formula is C24H25N9O2. The number of ether oxygens (including phenoxy) is 1. The van der Waals surface area contributed by atoms with Crippen LogP contribution in [0.1, 0.15) is 11.3 Å². The van der Waals surface area contributed by atoms with E-state index in [1.807, 2.05) is 32.2 Å². The topological polar surface area (TPSA) is 136 Å². The number of fused-ring (bicyclic) bond motifs is 3. The highest BCUT2D eigenvalue weighted by Gasteiger charge is 2.20. The van der Waals surface area contributed by atoms with Crippen LogP contribution in [0.2, 0.25) is 0 Å². The summed E-state index contributed by atoms with van der Waals surface area (Å²) in [5.41, 5.74) is 10.8. The van der Waals surface area contributed by atoms with Crippen LogP contribution in [-0.4, -0.2) is 62.3 Å². The summed E-state index contributed by atoms with van der Waals surface area (Å²) in [7, 11) is 1.81. The van der Waals surface area contributed by atoms with E-state index in [4.69, 9.17) is 10.5 Å². The summed E-state index contributed by atoms with van der Waals surface area (Å²) in [6.07, 6.45) is 4.23. The zero-order valence-corrected chi connectivity index (χ0v) is 19.5. The molecule has 35 heavy (non-hydrogen) atoms. The lowest BCUT2D eigenvalue weighted by Crippen LogP contribution is -2.29. The maximum absolute atomic E-state index is 12.2. The van der Waals surface area contributed by atoms with Crippen LogP contribution in [0.4, 0.5) is 23.1 Å². The Hall–Kier alpha value is -4.41. The van der Waals surface area contributed by atoms with E-state index in [1.165, 1.54) is 0 Å². The number of nitrogens with one attached hydrogen (secondary N) is 2. The number of aromatic nitrogens is 5. The van der Waals surface area contributed by atoms with E-state index in [0.29, 0.717) is 36.5 Å². The van der Waals surface area contributed by atoms with Crippen LogP contribution in [0.25, 0.3) is 22.0 Å². The Kier molecular flexibility index (Phi) is 4.90. The molecule has 4 N–H and O–H groups in total. The molecule has 0 fully saturated rings. The van der Waals surface area contributed by atoms with Gasteiger partial charge in [-0.15, -0.1) is 0 Å². The lowest BCUT2D eigenvalue weighted by atomic mass is 10.0. The summed E-state index contributed by atoms with van der Waals surface area (Å²) in [4.78, 5) is 27.5. The first-order chi connectivity index (χ1) is 17.0. The summed E-state index contributed by atoms with van der Waals surface area (Å²) in [6.45, 7) is 4.25. The van der Waals surface area contributed by atoms with Gasteiger partial charge in [0.2, 0.25) is 11.8 Å². The Balaban J connectivity index is 1.33. The lowest BCUT2D eigenvalue weighted by Gasteiger charge is -2.21. The minimum atomic E-state index is 0.0476. The van der Waals surface area contributed by atoms with Gasteiger partial charge in [-0.3, -0.25) is 9.48 Å². The maximum Gasteiger partial charge on any atom is 0.244 e. The number of hydrogen-bond acceptors (Lipinski definition) is 9.